The number of likely N-dealkylation sites (tertiary alicyclic amines) is 1. The molecule has 2 aliphatic rings. The van der Waals surface area contributed by atoms with Gasteiger partial charge >= 0.3 is 0 Å². The number of amides is 1. The lowest BCUT2D eigenvalue weighted by atomic mass is 9.98. The molecule has 23 heavy (non-hydrogen) atoms. The van der Waals surface area contributed by atoms with E-state index in [9.17, 15) is 4.79 Å². The highest BCUT2D eigenvalue weighted by Crippen LogP contribution is 2.29. The van der Waals surface area contributed by atoms with Gasteiger partial charge in [-0.3, -0.25) is 4.79 Å². The van der Waals surface area contributed by atoms with Crippen LogP contribution in [0.15, 0.2) is 5.38 Å². The number of aryl methyl sites for hydroxylation is 1. The Bertz CT molecular complexity index is 495. The molecule has 2 fully saturated rings. The van der Waals surface area contributed by atoms with E-state index in [2.05, 4.69) is 15.7 Å². The zero-order chi connectivity index (χ0) is 14.7. The van der Waals surface area contributed by atoms with Crippen molar-refractivity contribution in [2.45, 2.75) is 38.1 Å². The molecule has 132 valence electrons. The molecule has 0 radical (unpaired) electrons. The largest absolute Gasteiger partial charge is 0.378 e. The first kappa shape index (κ1) is 20.6. The van der Waals surface area contributed by atoms with Gasteiger partial charge in [-0.15, -0.1) is 36.2 Å². The van der Waals surface area contributed by atoms with Crippen LogP contribution in [-0.2, 0) is 9.53 Å². The van der Waals surface area contributed by atoms with Gasteiger partial charge in [-0.2, -0.15) is 0 Å². The number of piperidine rings is 1. The number of carbonyl (C=O) groups is 1. The lowest BCUT2D eigenvalue weighted by molar-refractivity contribution is -0.133. The van der Waals surface area contributed by atoms with Crippen LogP contribution in [0.5, 0.6) is 0 Å². The van der Waals surface area contributed by atoms with Gasteiger partial charge in [0.25, 0.3) is 0 Å². The fourth-order valence-corrected chi connectivity index (χ4v) is 3.98. The van der Waals surface area contributed by atoms with Gasteiger partial charge in [-0.05, 0) is 19.8 Å². The molecule has 3 heterocycles. The van der Waals surface area contributed by atoms with Gasteiger partial charge in [0.2, 0.25) is 5.91 Å². The van der Waals surface area contributed by atoms with E-state index in [0.29, 0.717) is 18.9 Å². The zero-order valence-electron chi connectivity index (χ0n) is 13.3. The first-order chi connectivity index (χ1) is 10.2. The average molecular weight is 382 g/mol. The van der Waals surface area contributed by atoms with Crippen molar-refractivity contribution in [3.63, 3.8) is 0 Å². The third-order valence-electron chi connectivity index (χ3n) is 4.18. The van der Waals surface area contributed by atoms with Gasteiger partial charge in [-0.1, -0.05) is 0 Å². The predicted octanol–water partition coefficient (Wildman–Crippen LogP) is 2.38. The van der Waals surface area contributed by atoms with Crippen LogP contribution in [0.1, 0.15) is 35.9 Å². The topological polar surface area (TPSA) is 54.5 Å². The molecule has 1 aromatic heterocycles. The standard InChI is InChI=1S/C15H23N3O2S.2ClH/c1-11-10-21-15(17-11)12-3-2-5-18(8-12)14(19)7-13-9-20-6-4-16-13;;/h10,12-13,16H,2-9H2,1H3;2*1H. The second-order valence-corrected chi connectivity index (χ2v) is 6.83. The van der Waals surface area contributed by atoms with Crippen LogP contribution in [0.4, 0.5) is 0 Å². The summed E-state index contributed by atoms with van der Waals surface area (Å²) < 4.78 is 5.42. The molecule has 0 aromatic carbocycles. The maximum absolute atomic E-state index is 12.5. The van der Waals surface area contributed by atoms with Crippen molar-refractivity contribution in [3.8, 4) is 0 Å². The van der Waals surface area contributed by atoms with Crippen molar-refractivity contribution in [3.05, 3.63) is 16.1 Å². The molecular weight excluding hydrogens is 357 g/mol. The van der Waals surface area contributed by atoms with Crippen LogP contribution in [0.2, 0.25) is 0 Å². The monoisotopic (exact) mass is 381 g/mol. The summed E-state index contributed by atoms with van der Waals surface area (Å²) in [6.45, 7) is 5.97. The Balaban J connectivity index is 0.00000132. The van der Waals surface area contributed by atoms with Crippen LogP contribution >= 0.6 is 36.2 Å². The Morgan fingerprint density at radius 2 is 2.35 bits per heavy atom. The molecule has 2 unspecified atom stereocenters. The lowest BCUT2D eigenvalue weighted by Gasteiger charge is -2.33. The SMILES string of the molecule is Cc1csc(C2CCCN(C(=O)CC3COCCN3)C2)n1.Cl.Cl. The number of hydrogen-bond acceptors (Lipinski definition) is 5. The van der Waals surface area contributed by atoms with E-state index >= 15 is 0 Å². The number of halogens is 2. The maximum Gasteiger partial charge on any atom is 0.224 e. The third-order valence-corrected chi connectivity index (χ3v) is 5.30. The zero-order valence-corrected chi connectivity index (χ0v) is 15.8. The first-order valence-electron chi connectivity index (χ1n) is 7.73. The number of thiazole rings is 1. The van der Waals surface area contributed by atoms with Crippen molar-refractivity contribution >= 4 is 42.1 Å². The molecule has 0 bridgehead atoms. The van der Waals surface area contributed by atoms with Crippen LogP contribution in [0.3, 0.4) is 0 Å². The minimum Gasteiger partial charge on any atom is -0.378 e. The van der Waals surface area contributed by atoms with Crippen LogP contribution in [0.25, 0.3) is 0 Å². The third kappa shape index (κ3) is 5.57. The first-order valence-corrected chi connectivity index (χ1v) is 8.61. The van der Waals surface area contributed by atoms with E-state index in [0.717, 1.165) is 44.8 Å². The van der Waals surface area contributed by atoms with E-state index < -0.39 is 0 Å². The van der Waals surface area contributed by atoms with Gasteiger partial charge in [0.05, 0.1) is 18.2 Å². The van der Waals surface area contributed by atoms with Crippen molar-refractivity contribution < 1.29 is 9.53 Å². The van der Waals surface area contributed by atoms with E-state index in [-0.39, 0.29) is 36.8 Å². The summed E-state index contributed by atoms with van der Waals surface area (Å²) in [6, 6.07) is 0.175. The summed E-state index contributed by atoms with van der Waals surface area (Å²) in [5, 5.41) is 6.63. The number of rotatable bonds is 3. The second kappa shape index (κ2) is 9.79. The Hall–Kier alpha value is -0.400. The molecule has 5 nitrogen and oxygen atoms in total. The number of ether oxygens (including phenoxy) is 1. The number of morpholine rings is 1. The Morgan fingerprint density at radius 1 is 1.52 bits per heavy atom. The predicted molar refractivity (Wildman–Crippen MR) is 97.1 cm³/mol. The Labute approximate surface area is 154 Å². The molecule has 0 aliphatic carbocycles. The number of carbonyl (C=O) groups excluding carboxylic acids is 1. The minimum atomic E-state index is 0. The van der Waals surface area contributed by atoms with Crippen LogP contribution in [-0.4, -0.2) is 54.7 Å². The quantitative estimate of drug-likeness (QED) is 0.872. The lowest BCUT2D eigenvalue weighted by Crippen LogP contribution is -2.46. The number of nitrogens with zero attached hydrogens (tertiary/aromatic N) is 2. The minimum absolute atomic E-state index is 0. The van der Waals surface area contributed by atoms with Crippen LogP contribution < -0.4 is 5.32 Å². The van der Waals surface area contributed by atoms with Crippen LogP contribution in [0, 0.1) is 6.92 Å². The molecule has 1 aromatic rings. The molecule has 2 atom stereocenters. The van der Waals surface area contributed by atoms with Crippen molar-refractivity contribution in [2.24, 2.45) is 0 Å². The number of nitrogens with one attached hydrogen (secondary N) is 1. The van der Waals surface area contributed by atoms with E-state index in [1.54, 1.807) is 11.3 Å². The summed E-state index contributed by atoms with van der Waals surface area (Å²) in [4.78, 5) is 19.1. The van der Waals surface area contributed by atoms with E-state index in [4.69, 9.17) is 4.74 Å². The summed E-state index contributed by atoms with van der Waals surface area (Å²) >= 11 is 1.72. The highest BCUT2D eigenvalue weighted by atomic mass is 35.5. The summed E-state index contributed by atoms with van der Waals surface area (Å²) in [6.07, 6.45) is 2.76. The molecule has 2 saturated heterocycles. The highest BCUT2D eigenvalue weighted by molar-refractivity contribution is 7.09. The van der Waals surface area contributed by atoms with Gasteiger partial charge in [0, 0.05) is 49.1 Å². The fourth-order valence-electron chi connectivity index (χ4n) is 3.06. The molecule has 8 heteroatoms. The number of hydrogen-bond donors (Lipinski definition) is 1. The number of aromatic nitrogens is 1. The van der Waals surface area contributed by atoms with Gasteiger partial charge < -0.3 is 15.0 Å². The summed E-state index contributed by atoms with van der Waals surface area (Å²) in [5.41, 5.74) is 1.09. The summed E-state index contributed by atoms with van der Waals surface area (Å²) in [5.74, 6) is 0.660. The molecule has 1 N–H and O–H groups in total. The van der Waals surface area contributed by atoms with Gasteiger partial charge in [0.15, 0.2) is 0 Å². The molecular formula is C15H25Cl2N3O2S. The van der Waals surface area contributed by atoms with Crippen molar-refractivity contribution in [2.75, 3.05) is 32.8 Å². The smallest absolute Gasteiger partial charge is 0.224 e. The van der Waals surface area contributed by atoms with Gasteiger partial charge in [0.1, 0.15) is 0 Å². The molecule has 2 aliphatic heterocycles. The normalized spacial score (nSPS) is 24.5. The average Bonchev–Trinajstić information content (AvgIpc) is 2.95. The molecule has 0 spiro atoms. The summed E-state index contributed by atoms with van der Waals surface area (Å²) in [7, 11) is 0. The van der Waals surface area contributed by atoms with Gasteiger partial charge in [-0.25, -0.2) is 4.98 Å². The Morgan fingerprint density at radius 3 is 3.00 bits per heavy atom. The molecule has 0 saturated carbocycles. The second-order valence-electron chi connectivity index (χ2n) is 5.94. The van der Waals surface area contributed by atoms with Crippen molar-refractivity contribution in [1.29, 1.82) is 0 Å². The molecule has 3 rings (SSSR count). The fraction of sp³-hybridized carbons (Fsp3) is 0.733. The Kier molecular flexibility index (Phi) is 8.79. The maximum atomic E-state index is 12.5. The van der Waals surface area contributed by atoms with E-state index in [1.807, 2.05) is 11.8 Å². The van der Waals surface area contributed by atoms with E-state index in [1.165, 1.54) is 5.01 Å². The highest BCUT2D eigenvalue weighted by Gasteiger charge is 2.28. The van der Waals surface area contributed by atoms with Crippen molar-refractivity contribution in [1.82, 2.24) is 15.2 Å². The molecule has 1 amide bonds.